The molecule has 28 heavy (non-hydrogen) atoms. The molecule has 1 aliphatic carbocycles. The zero-order valence-electron chi connectivity index (χ0n) is 18.5. The van der Waals surface area contributed by atoms with Crippen molar-refractivity contribution >= 4 is 11.8 Å². The summed E-state index contributed by atoms with van der Waals surface area (Å²) in [7, 11) is 2.00. The molecule has 1 aliphatic rings. The van der Waals surface area contributed by atoms with Gasteiger partial charge in [-0.2, -0.15) is 0 Å². The Morgan fingerprint density at radius 1 is 1.14 bits per heavy atom. The number of hydrogen-bond donors (Lipinski definition) is 0. The van der Waals surface area contributed by atoms with Crippen LogP contribution in [0.15, 0.2) is 18.3 Å². The highest BCUT2D eigenvalue weighted by Gasteiger charge is 2.25. The Morgan fingerprint density at radius 2 is 1.82 bits per heavy atom. The summed E-state index contributed by atoms with van der Waals surface area (Å²) in [6.07, 6.45) is 8.65. The van der Waals surface area contributed by atoms with Gasteiger partial charge in [0.1, 0.15) is 0 Å². The predicted molar refractivity (Wildman–Crippen MR) is 114 cm³/mol. The minimum atomic E-state index is 0.0379. The molecule has 1 fully saturated rings. The van der Waals surface area contributed by atoms with E-state index in [4.69, 9.17) is 0 Å². The Balaban J connectivity index is 1.99. The van der Waals surface area contributed by atoms with E-state index in [0.29, 0.717) is 31.3 Å². The summed E-state index contributed by atoms with van der Waals surface area (Å²) >= 11 is 0. The van der Waals surface area contributed by atoms with Gasteiger partial charge in [-0.05, 0) is 44.2 Å². The Bertz CT molecular complexity index is 630. The van der Waals surface area contributed by atoms with Crippen molar-refractivity contribution in [3.8, 4) is 0 Å². The molecule has 0 spiro atoms. The van der Waals surface area contributed by atoms with Crippen LogP contribution in [-0.4, -0.2) is 45.3 Å². The first-order valence-electron chi connectivity index (χ1n) is 10.9. The van der Waals surface area contributed by atoms with Gasteiger partial charge in [0.2, 0.25) is 11.8 Å². The Labute approximate surface area is 171 Å². The quantitative estimate of drug-likeness (QED) is 0.601. The average molecular weight is 390 g/mol. The predicted octanol–water partition coefficient (Wildman–Crippen LogP) is 4.22. The van der Waals surface area contributed by atoms with Crippen LogP contribution in [0.1, 0.15) is 71.9 Å². The molecular formula is C23H39N3O2. The van der Waals surface area contributed by atoms with Gasteiger partial charge in [-0.3, -0.25) is 9.59 Å². The lowest BCUT2D eigenvalue weighted by Crippen LogP contribution is -2.46. The van der Waals surface area contributed by atoms with E-state index in [1.165, 1.54) is 25.7 Å². The molecule has 0 N–H and O–H groups in total. The molecule has 0 bridgehead atoms. The first-order chi connectivity index (χ1) is 13.3. The monoisotopic (exact) mass is 389 g/mol. The molecule has 1 aromatic rings. The normalized spacial score (nSPS) is 14.8. The molecule has 5 heteroatoms. The van der Waals surface area contributed by atoms with Gasteiger partial charge in [0, 0.05) is 37.9 Å². The van der Waals surface area contributed by atoms with E-state index in [0.717, 1.165) is 12.1 Å². The number of aryl methyl sites for hydroxylation is 1. The second kappa shape index (κ2) is 10.7. The molecule has 1 heterocycles. The Kier molecular flexibility index (Phi) is 8.58. The van der Waals surface area contributed by atoms with Gasteiger partial charge in [-0.15, -0.1) is 0 Å². The van der Waals surface area contributed by atoms with E-state index in [1.54, 1.807) is 4.90 Å². The van der Waals surface area contributed by atoms with E-state index >= 15 is 0 Å². The van der Waals surface area contributed by atoms with Crippen LogP contribution in [0.2, 0.25) is 0 Å². The average Bonchev–Trinajstić information content (AvgIpc) is 3.28. The molecule has 0 unspecified atom stereocenters. The maximum absolute atomic E-state index is 13.1. The summed E-state index contributed by atoms with van der Waals surface area (Å²) in [4.78, 5) is 29.6. The number of amides is 2. The molecule has 2 amide bonds. The van der Waals surface area contributed by atoms with Crippen molar-refractivity contribution < 1.29 is 9.59 Å². The molecule has 2 rings (SSSR count). The first-order valence-corrected chi connectivity index (χ1v) is 10.9. The zero-order valence-corrected chi connectivity index (χ0v) is 18.5. The summed E-state index contributed by atoms with van der Waals surface area (Å²) in [6.45, 7) is 9.72. The van der Waals surface area contributed by atoms with Gasteiger partial charge >= 0.3 is 0 Å². The van der Waals surface area contributed by atoms with Crippen molar-refractivity contribution in [2.45, 2.75) is 78.8 Å². The molecule has 1 aromatic heterocycles. The van der Waals surface area contributed by atoms with Crippen molar-refractivity contribution in [1.82, 2.24) is 14.4 Å². The van der Waals surface area contributed by atoms with Crippen LogP contribution in [0.5, 0.6) is 0 Å². The van der Waals surface area contributed by atoms with Gasteiger partial charge in [-0.25, -0.2) is 0 Å². The summed E-state index contributed by atoms with van der Waals surface area (Å²) in [6, 6.07) is 4.09. The van der Waals surface area contributed by atoms with E-state index in [1.807, 2.05) is 48.7 Å². The second-order valence-corrected chi connectivity index (χ2v) is 9.08. The minimum Gasteiger partial charge on any atom is -0.353 e. The van der Waals surface area contributed by atoms with Crippen molar-refractivity contribution in [1.29, 1.82) is 0 Å². The van der Waals surface area contributed by atoms with E-state index < -0.39 is 0 Å². The van der Waals surface area contributed by atoms with E-state index in [-0.39, 0.29) is 24.4 Å². The maximum atomic E-state index is 13.1. The summed E-state index contributed by atoms with van der Waals surface area (Å²) in [5.41, 5.74) is 1.11. The van der Waals surface area contributed by atoms with E-state index in [9.17, 15) is 9.59 Å². The molecule has 5 nitrogen and oxygen atoms in total. The lowest BCUT2D eigenvalue weighted by molar-refractivity contribution is -0.142. The van der Waals surface area contributed by atoms with Gasteiger partial charge in [0.25, 0.3) is 0 Å². The number of rotatable bonds is 10. The number of carbonyl (C=O) groups excluding carboxylic acids is 2. The highest BCUT2D eigenvalue weighted by molar-refractivity contribution is 5.85. The highest BCUT2D eigenvalue weighted by Crippen LogP contribution is 2.28. The topological polar surface area (TPSA) is 45.6 Å². The Morgan fingerprint density at radius 3 is 2.36 bits per heavy atom. The van der Waals surface area contributed by atoms with Gasteiger partial charge in [0.05, 0.1) is 13.1 Å². The molecule has 0 atom stereocenters. The van der Waals surface area contributed by atoms with Crippen LogP contribution < -0.4 is 0 Å². The summed E-state index contributed by atoms with van der Waals surface area (Å²) < 4.78 is 2.05. The zero-order chi connectivity index (χ0) is 20.7. The minimum absolute atomic E-state index is 0.0379. The van der Waals surface area contributed by atoms with Crippen LogP contribution in [0, 0.1) is 11.8 Å². The smallest absolute Gasteiger partial charge is 0.242 e. The van der Waals surface area contributed by atoms with Crippen molar-refractivity contribution in [2.75, 3.05) is 13.1 Å². The third-order valence-electron chi connectivity index (χ3n) is 5.83. The fraction of sp³-hybridized carbons (Fsp3) is 0.739. The van der Waals surface area contributed by atoms with Crippen molar-refractivity contribution in [3.05, 3.63) is 24.0 Å². The lowest BCUT2D eigenvalue weighted by atomic mass is 10.0. The van der Waals surface area contributed by atoms with Gasteiger partial charge < -0.3 is 14.4 Å². The second-order valence-electron chi connectivity index (χ2n) is 9.08. The maximum Gasteiger partial charge on any atom is 0.242 e. The number of carbonyl (C=O) groups is 2. The van der Waals surface area contributed by atoms with Crippen LogP contribution in [-0.2, 0) is 23.2 Å². The van der Waals surface area contributed by atoms with Crippen molar-refractivity contribution in [2.24, 2.45) is 18.9 Å². The summed E-state index contributed by atoms with van der Waals surface area (Å²) in [5, 5.41) is 0. The highest BCUT2D eigenvalue weighted by atomic mass is 16.2. The number of hydrogen-bond acceptors (Lipinski definition) is 2. The first kappa shape index (κ1) is 22.5. The van der Waals surface area contributed by atoms with Crippen molar-refractivity contribution in [3.63, 3.8) is 0 Å². The number of aromatic nitrogens is 1. The fourth-order valence-electron chi connectivity index (χ4n) is 4.13. The SMILES string of the molecule is CC(C)CN(Cc1cccn1C)C(=O)CN(C(=O)CCC1CCCC1)C(C)C. The van der Waals surface area contributed by atoms with Crippen LogP contribution in [0.25, 0.3) is 0 Å². The van der Waals surface area contributed by atoms with Gasteiger partial charge in [-0.1, -0.05) is 39.5 Å². The molecule has 0 aromatic carbocycles. The van der Waals surface area contributed by atoms with Gasteiger partial charge in [0.15, 0.2) is 0 Å². The molecule has 0 saturated heterocycles. The van der Waals surface area contributed by atoms with E-state index in [2.05, 4.69) is 13.8 Å². The lowest BCUT2D eigenvalue weighted by Gasteiger charge is -2.31. The fourth-order valence-corrected chi connectivity index (χ4v) is 4.13. The van der Waals surface area contributed by atoms with Crippen LogP contribution in [0.4, 0.5) is 0 Å². The molecule has 1 saturated carbocycles. The molecule has 0 aliphatic heterocycles. The third-order valence-corrected chi connectivity index (χ3v) is 5.83. The third kappa shape index (κ3) is 6.68. The molecule has 0 radical (unpaired) electrons. The molecular weight excluding hydrogens is 350 g/mol. The number of nitrogens with zero attached hydrogens (tertiary/aromatic N) is 3. The van der Waals surface area contributed by atoms with Crippen LogP contribution >= 0.6 is 0 Å². The summed E-state index contributed by atoms with van der Waals surface area (Å²) in [5.74, 6) is 1.25. The Hall–Kier alpha value is -1.78. The van der Waals surface area contributed by atoms with Crippen LogP contribution in [0.3, 0.4) is 0 Å². The molecule has 158 valence electrons. The largest absolute Gasteiger partial charge is 0.353 e. The standard InChI is InChI=1S/C23H39N3O2/c1-18(2)15-25(16-21-11-8-14-24(21)5)23(28)17-26(19(3)4)22(27)13-12-20-9-6-7-10-20/h8,11,14,18-20H,6-7,9-10,12-13,15-17H2,1-5H3.